The quantitative estimate of drug-likeness (QED) is 0.667. The van der Waals surface area contributed by atoms with E-state index in [9.17, 15) is 0 Å². The van der Waals surface area contributed by atoms with Gasteiger partial charge in [-0.15, -0.1) is 0 Å². The van der Waals surface area contributed by atoms with Gasteiger partial charge in [0.05, 0.1) is 6.61 Å². The Morgan fingerprint density at radius 3 is 2.44 bits per heavy atom. The minimum Gasteiger partial charge on any atom is -0.392 e. The lowest BCUT2D eigenvalue weighted by molar-refractivity contribution is 0.341. The minimum absolute atomic E-state index is 0.177. The molecule has 1 N–H and O–H groups in total. The Balaban J connectivity index is 2.20. The summed E-state index contributed by atoms with van der Waals surface area (Å²) in [6.07, 6.45) is 13.6. The van der Waals surface area contributed by atoms with Gasteiger partial charge >= 0.3 is 0 Å². The zero-order valence-corrected chi connectivity index (χ0v) is 10.8. The number of aliphatic hydroxyl groups excluding tert-OH is 1. The molecule has 16 heavy (non-hydrogen) atoms. The van der Waals surface area contributed by atoms with E-state index in [1.54, 1.807) is 5.57 Å². The average molecular weight is 222 g/mol. The zero-order chi connectivity index (χ0) is 11.8. The number of aliphatic hydroxyl groups is 1. The molecule has 0 unspecified atom stereocenters. The van der Waals surface area contributed by atoms with Crippen molar-refractivity contribution in [3.8, 4) is 0 Å². The highest BCUT2D eigenvalue weighted by molar-refractivity contribution is 5.04. The van der Waals surface area contributed by atoms with Gasteiger partial charge in [0, 0.05) is 0 Å². The molecule has 1 nitrogen and oxygen atoms in total. The molecular formula is C15H26O. The lowest BCUT2D eigenvalue weighted by atomic mass is 9.98. The summed E-state index contributed by atoms with van der Waals surface area (Å²) in [7, 11) is 0. The van der Waals surface area contributed by atoms with Gasteiger partial charge < -0.3 is 5.11 Å². The van der Waals surface area contributed by atoms with Crippen molar-refractivity contribution >= 4 is 0 Å². The topological polar surface area (TPSA) is 20.2 Å². The van der Waals surface area contributed by atoms with Gasteiger partial charge in [-0.05, 0) is 39.0 Å². The van der Waals surface area contributed by atoms with Crippen molar-refractivity contribution in [2.75, 3.05) is 6.61 Å². The van der Waals surface area contributed by atoms with E-state index in [2.05, 4.69) is 19.9 Å². The highest BCUT2D eigenvalue weighted by Crippen LogP contribution is 2.30. The van der Waals surface area contributed by atoms with Crippen LogP contribution in [0.5, 0.6) is 0 Å². The first kappa shape index (κ1) is 13.5. The Morgan fingerprint density at radius 1 is 1.12 bits per heavy atom. The molecule has 92 valence electrons. The summed E-state index contributed by atoms with van der Waals surface area (Å²) in [5, 5.41) is 8.74. The van der Waals surface area contributed by atoms with E-state index >= 15 is 0 Å². The largest absolute Gasteiger partial charge is 0.392 e. The summed E-state index contributed by atoms with van der Waals surface area (Å²) in [6.45, 7) is 4.54. The Morgan fingerprint density at radius 2 is 1.81 bits per heavy atom. The van der Waals surface area contributed by atoms with Crippen LogP contribution in [0.2, 0.25) is 0 Å². The predicted octanol–water partition coefficient (Wildman–Crippen LogP) is 4.23. The van der Waals surface area contributed by atoms with Crippen LogP contribution in [0.1, 0.15) is 58.8 Å². The Kier molecular flexibility index (Phi) is 6.47. The fraction of sp³-hybridized carbons (Fsp3) is 0.733. The van der Waals surface area contributed by atoms with Crippen molar-refractivity contribution in [1.29, 1.82) is 0 Å². The molecule has 0 amide bonds. The highest BCUT2D eigenvalue weighted by atomic mass is 16.2. The van der Waals surface area contributed by atoms with Gasteiger partial charge in [0.2, 0.25) is 0 Å². The van der Waals surface area contributed by atoms with Crippen molar-refractivity contribution < 1.29 is 5.11 Å². The molecule has 0 saturated heterocycles. The van der Waals surface area contributed by atoms with E-state index in [-0.39, 0.29) is 6.61 Å². The normalized spacial score (nSPS) is 19.4. The first-order chi connectivity index (χ1) is 7.72. The van der Waals surface area contributed by atoms with Crippen LogP contribution in [-0.4, -0.2) is 11.7 Å². The molecule has 0 aromatic rings. The van der Waals surface area contributed by atoms with Crippen LogP contribution in [0.15, 0.2) is 23.3 Å². The zero-order valence-electron chi connectivity index (χ0n) is 10.8. The summed E-state index contributed by atoms with van der Waals surface area (Å²) in [5.74, 6) is 0.963. The number of allylic oxidation sites excluding steroid dienone is 3. The molecule has 0 bridgehead atoms. The first-order valence-corrected chi connectivity index (χ1v) is 6.64. The van der Waals surface area contributed by atoms with Crippen LogP contribution in [-0.2, 0) is 0 Å². The SMILES string of the molecule is CC(=CCC/C(C)=C/CO)CC1CCCC1. The van der Waals surface area contributed by atoms with E-state index in [4.69, 9.17) is 5.11 Å². The molecule has 1 heteroatoms. The Labute approximate surface area is 100 Å². The maximum atomic E-state index is 8.74. The molecule has 0 spiro atoms. The van der Waals surface area contributed by atoms with Crippen LogP contribution in [0, 0.1) is 5.92 Å². The third kappa shape index (κ3) is 5.50. The van der Waals surface area contributed by atoms with E-state index in [1.165, 1.54) is 37.7 Å². The molecule has 0 aromatic heterocycles. The Bertz CT molecular complexity index is 244. The minimum atomic E-state index is 0.177. The van der Waals surface area contributed by atoms with E-state index < -0.39 is 0 Å². The fourth-order valence-corrected chi connectivity index (χ4v) is 2.56. The highest BCUT2D eigenvalue weighted by Gasteiger charge is 2.14. The Hall–Kier alpha value is -0.560. The number of hydrogen-bond donors (Lipinski definition) is 1. The van der Waals surface area contributed by atoms with E-state index in [0.717, 1.165) is 18.8 Å². The molecule has 0 atom stereocenters. The third-order valence-corrected chi connectivity index (χ3v) is 3.56. The molecule has 1 aliphatic carbocycles. The average Bonchev–Trinajstić information content (AvgIpc) is 2.70. The van der Waals surface area contributed by atoms with Gasteiger partial charge in [-0.3, -0.25) is 0 Å². The molecular weight excluding hydrogens is 196 g/mol. The summed E-state index contributed by atoms with van der Waals surface area (Å²) < 4.78 is 0. The maximum absolute atomic E-state index is 8.74. The van der Waals surface area contributed by atoms with Gasteiger partial charge in [-0.2, -0.15) is 0 Å². The molecule has 1 fully saturated rings. The van der Waals surface area contributed by atoms with Gasteiger partial charge in [-0.1, -0.05) is 49.0 Å². The lowest BCUT2D eigenvalue weighted by Gasteiger charge is -2.08. The van der Waals surface area contributed by atoms with Crippen molar-refractivity contribution in [2.45, 2.75) is 58.8 Å². The lowest BCUT2D eigenvalue weighted by Crippen LogP contribution is -1.93. The van der Waals surface area contributed by atoms with Crippen molar-refractivity contribution in [2.24, 2.45) is 5.92 Å². The summed E-state index contributed by atoms with van der Waals surface area (Å²) >= 11 is 0. The van der Waals surface area contributed by atoms with Crippen LogP contribution < -0.4 is 0 Å². The smallest absolute Gasteiger partial charge is 0.0614 e. The second kappa shape index (κ2) is 7.67. The number of rotatable bonds is 6. The molecule has 0 radical (unpaired) electrons. The maximum Gasteiger partial charge on any atom is 0.0614 e. The standard InChI is InChI=1S/C15H26O/c1-13(10-11-16)6-5-7-14(2)12-15-8-3-4-9-15/h7,10,15-16H,3-6,8-9,11-12H2,1-2H3/b13-10+,14-7?. The van der Waals surface area contributed by atoms with Crippen molar-refractivity contribution in [3.05, 3.63) is 23.3 Å². The van der Waals surface area contributed by atoms with Crippen molar-refractivity contribution in [3.63, 3.8) is 0 Å². The summed E-state index contributed by atoms with van der Waals surface area (Å²) in [5.41, 5.74) is 2.86. The summed E-state index contributed by atoms with van der Waals surface area (Å²) in [4.78, 5) is 0. The second-order valence-electron chi connectivity index (χ2n) is 5.18. The van der Waals surface area contributed by atoms with Gasteiger partial charge in [0.25, 0.3) is 0 Å². The van der Waals surface area contributed by atoms with E-state index in [1.807, 2.05) is 6.08 Å². The summed E-state index contributed by atoms with van der Waals surface area (Å²) in [6, 6.07) is 0. The first-order valence-electron chi connectivity index (χ1n) is 6.64. The fourth-order valence-electron chi connectivity index (χ4n) is 2.56. The van der Waals surface area contributed by atoms with Crippen molar-refractivity contribution in [1.82, 2.24) is 0 Å². The molecule has 1 saturated carbocycles. The molecule has 1 rings (SSSR count). The van der Waals surface area contributed by atoms with Crippen LogP contribution >= 0.6 is 0 Å². The van der Waals surface area contributed by atoms with Gasteiger partial charge in [-0.25, -0.2) is 0 Å². The predicted molar refractivity (Wildman–Crippen MR) is 70.4 cm³/mol. The van der Waals surface area contributed by atoms with Crippen LogP contribution in [0.4, 0.5) is 0 Å². The molecule has 0 heterocycles. The van der Waals surface area contributed by atoms with Crippen LogP contribution in [0.25, 0.3) is 0 Å². The third-order valence-electron chi connectivity index (χ3n) is 3.56. The monoisotopic (exact) mass is 222 g/mol. The van der Waals surface area contributed by atoms with Gasteiger partial charge in [0.15, 0.2) is 0 Å². The van der Waals surface area contributed by atoms with Gasteiger partial charge in [0.1, 0.15) is 0 Å². The van der Waals surface area contributed by atoms with E-state index in [0.29, 0.717) is 0 Å². The molecule has 0 aromatic carbocycles. The number of hydrogen-bond acceptors (Lipinski definition) is 1. The molecule has 0 aliphatic heterocycles. The molecule has 1 aliphatic rings. The van der Waals surface area contributed by atoms with Crippen LogP contribution in [0.3, 0.4) is 0 Å². The second-order valence-corrected chi connectivity index (χ2v) is 5.18.